The third-order valence-electron chi connectivity index (χ3n) is 3.60. The molecule has 1 aromatic carbocycles. The lowest BCUT2D eigenvalue weighted by molar-refractivity contribution is 0.0904. The second kappa shape index (κ2) is 7.37. The highest BCUT2D eigenvalue weighted by Gasteiger charge is 2.18. The largest absolute Gasteiger partial charge is 0.388 e. The van der Waals surface area contributed by atoms with Gasteiger partial charge in [-0.3, -0.25) is 9.48 Å². The van der Waals surface area contributed by atoms with Crippen molar-refractivity contribution in [2.75, 3.05) is 0 Å². The van der Waals surface area contributed by atoms with Gasteiger partial charge in [0.15, 0.2) is 0 Å². The summed E-state index contributed by atoms with van der Waals surface area (Å²) in [7, 11) is 0. The number of benzene rings is 1. The first-order chi connectivity index (χ1) is 10.9. The fraction of sp³-hybridized carbons (Fsp3) is 0.412. The van der Waals surface area contributed by atoms with E-state index in [9.17, 15) is 14.3 Å². The Morgan fingerprint density at radius 1 is 1.26 bits per heavy atom. The molecule has 2 unspecified atom stereocenters. The summed E-state index contributed by atoms with van der Waals surface area (Å²) in [5, 5.41) is 17.2. The summed E-state index contributed by atoms with van der Waals surface area (Å²) in [4.78, 5) is 12.3. The summed E-state index contributed by atoms with van der Waals surface area (Å²) in [6, 6.07) is 7.22. The molecule has 0 radical (unpaired) electrons. The van der Waals surface area contributed by atoms with Crippen molar-refractivity contribution < 1.29 is 14.3 Å². The van der Waals surface area contributed by atoms with Crippen LogP contribution in [0, 0.1) is 5.82 Å². The van der Waals surface area contributed by atoms with Crippen molar-refractivity contribution in [3.05, 3.63) is 53.6 Å². The molecule has 124 valence electrons. The van der Waals surface area contributed by atoms with E-state index < -0.39 is 6.10 Å². The van der Waals surface area contributed by atoms with Crippen molar-refractivity contribution >= 4 is 5.91 Å². The SMILES string of the molecule is CC(CC(O)c1ccc(F)cc1)NC(=O)c1ccnn1C(C)C. The van der Waals surface area contributed by atoms with Crippen LogP contribution < -0.4 is 5.32 Å². The number of aromatic nitrogens is 2. The quantitative estimate of drug-likeness (QED) is 0.860. The van der Waals surface area contributed by atoms with Crippen molar-refractivity contribution in [2.24, 2.45) is 0 Å². The molecule has 0 aliphatic heterocycles. The molecule has 0 aliphatic carbocycles. The van der Waals surface area contributed by atoms with E-state index in [-0.39, 0.29) is 23.8 Å². The molecule has 1 heterocycles. The van der Waals surface area contributed by atoms with Crippen LogP contribution in [0.4, 0.5) is 4.39 Å². The van der Waals surface area contributed by atoms with Gasteiger partial charge in [-0.25, -0.2) is 4.39 Å². The molecule has 6 heteroatoms. The van der Waals surface area contributed by atoms with Gasteiger partial charge in [0.05, 0.1) is 6.10 Å². The van der Waals surface area contributed by atoms with Gasteiger partial charge in [0.1, 0.15) is 11.5 Å². The van der Waals surface area contributed by atoms with Gasteiger partial charge in [-0.2, -0.15) is 5.10 Å². The van der Waals surface area contributed by atoms with Crippen LogP contribution in [-0.4, -0.2) is 26.8 Å². The number of nitrogens with one attached hydrogen (secondary N) is 1. The van der Waals surface area contributed by atoms with Gasteiger partial charge in [-0.05, 0) is 51.0 Å². The maximum Gasteiger partial charge on any atom is 0.269 e. The van der Waals surface area contributed by atoms with Crippen molar-refractivity contribution in [1.82, 2.24) is 15.1 Å². The standard InChI is InChI=1S/C17H22FN3O2/c1-11(2)21-15(8-9-19-21)17(23)20-12(3)10-16(22)13-4-6-14(18)7-5-13/h4-9,11-12,16,22H,10H2,1-3H3,(H,20,23). The van der Waals surface area contributed by atoms with Crippen LogP contribution in [0.1, 0.15) is 55.4 Å². The van der Waals surface area contributed by atoms with Crippen molar-refractivity contribution in [1.29, 1.82) is 0 Å². The number of aliphatic hydroxyl groups excluding tert-OH is 1. The number of rotatable bonds is 6. The Hall–Kier alpha value is -2.21. The second-order valence-electron chi connectivity index (χ2n) is 5.93. The maximum atomic E-state index is 12.9. The second-order valence-corrected chi connectivity index (χ2v) is 5.93. The van der Waals surface area contributed by atoms with Crippen LogP contribution in [0.3, 0.4) is 0 Å². The first kappa shape index (κ1) is 17.1. The van der Waals surface area contributed by atoms with E-state index in [1.54, 1.807) is 29.1 Å². The van der Waals surface area contributed by atoms with Crippen LogP contribution in [0.25, 0.3) is 0 Å². The molecule has 0 bridgehead atoms. The van der Waals surface area contributed by atoms with Gasteiger partial charge in [0.2, 0.25) is 0 Å². The van der Waals surface area contributed by atoms with Gasteiger partial charge in [-0.1, -0.05) is 12.1 Å². The van der Waals surface area contributed by atoms with Crippen LogP contribution >= 0.6 is 0 Å². The molecule has 1 amide bonds. The van der Waals surface area contributed by atoms with Gasteiger partial charge in [-0.15, -0.1) is 0 Å². The number of carbonyl (C=O) groups excluding carboxylic acids is 1. The van der Waals surface area contributed by atoms with E-state index in [4.69, 9.17) is 0 Å². The summed E-state index contributed by atoms with van der Waals surface area (Å²) in [6.07, 6.45) is 1.17. The molecular formula is C17H22FN3O2. The summed E-state index contributed by atoms with van der Waals surface area (Å²) >= 11 is 0. The van der Waals surface area contributed by atoms with Crippen molar-refractivity contribution in [3.8, 4) is 0 Å². The van der Waals surface area contributed by atoms with Crippen molar-refractivity contribution in [3.63, 3.8) is 0 Å². The van der Waals surface area contributed by atoms with Crippen LogP contribution in [0.15, 0.2) is 36.5 Å². The molecule has 0 aliphatic rings. The molecule has 23 heavy (non-hydrogen) atoms. The lowest BCUT2D eigenvalue weighted by Crippen LogP contribution is -2.35. The molecule has 0 spiro atoms. The summed E-state index contributed by atoms with van der Waals surface area (Å²) < 4.78 is 14.5. The fourth-order valence-corrected chi connectivity index (χ4v) is 2.42. The molecule has 0 fully saturated rings. The molecule has 2 aromatic rings. The monoisotopic (exact) mass is 319 g/mol. The normalized spacial score (nSPS) is 13.8. The minimum Gasteiger partial charge on any atom is -0.388 e. The van der Waals surface area contributed by atoms with E-state index in [1.807, 2.05) is 20.8 Å². The molecule has 1 aromatic heterocycles. The van der Waals surface area contributed by atoms with E-state index in [1.165, 1.54) is 12.1 Å². The number of carbonyl (C=O) groups is 1. The molecule has 2 rings (SSSR count). The lowest BCUT2D eigenvalue weighted by Gasteiger charge is -2.19. The number of nitrogens with zero attached hydrogens (tertiary/aromatic N) is 2. The summed E-state index contributed by atoms with van der Waals surface area (Å²) in [5.74, 6) is -0.570. The zero-order chi connectivity index (χ0) is 17.0. The van der Waals surface area contributed by atoms with Gasteiger partial charge < -0.3 is 10.4 Å². The Bertz CT molecular complexity index is 652. The molecule has 0 saturated carbocycles. The van der Waals surface area contributed by atoms with E-state index >= 15 is 0 Å². The third kappa shape index (κ3) is 4.39. The van der Waals surface area contributed by atoms with Crippen LogP contribution in [0.5, 0.6) is 0 Å². The van der Waals surface area contributed by atoms with Crippen LogP contribution in [0.2, 0.25) is 0 Å². The average Bonchev–Trinajstić information content (AvgIpc) is 2.97. The minimum atomic E-state index is -0.763. The summed E-state index contributed by atoms with van der Waals surface area (Å²) in [6.45, 7) is 5.72. The Kier molecular flexibility index (Phi) is 5.50. The number of halogens is 1. The maximum absolute atomic E-state index is 12.9. The highest BCUT2D eigenvalue weighted by molar-refractivity contribution is 5.92. The fourth-order valence-electron chi connectivity index (χ4n) is 2.42. The third-order valence-corrected chi connectivity index (χ3v) is 3.60. The molecule has 5 nitrogen and oxygen atoms in total. The number of hydrogen-bond acceptors (Lipinski definition) is 3. The summed E-state index contributed by atoms with van der Waals surface area (Å²) in [5.41, 5.74) is 1.11. The number of hydrogen-bond donors (Lipinski definition) is 2. The lowest BCUT2D eigenvalue weighted by atomic mass is 10.0. The topological polar surface area (TPSA) is 67.2 Å². The van der Waals surface area contributed by atoms with E-state index in [0.717, 1.165) is 0 Å². The Morgan fingerprint density at radius 3 is 2.52 bits per heavy atom. The minimum absolute atomic E-state index is 0.0888. The van der Waals surface area contributed by atoms with Crippen molar-refractivity contribution in [2.45, 2.75) is 45.4 Å². The first-order valence-electron chi connectivity index (χ1n) is 7.66. The van der Waals surface area contributed by atoms with Crippen LogP contribution in [-0.2, 0) is 0 Å². The zero-order valence-corrected chi connectivity index (χ0v) is 13.5. The van der Waals surface area contributed by atoms with Gasteiger partial charge in [0.25, 0.3) is 5.91 Å². The highest BCUT2D eigenvalue weighted by Crippen LogP contribution is 2.19. The molecule has 0 saturated heterocycles. The average molecular weight is 319 g/mol. The van der Waals surface area contributed by atoms with Gasteiger partial charge >= 0.3 is 0 Å². The first-order valence-corrected chi connectivity index (χ1v) is 7.66. The highest BCUT2D eigenvalue weighted by atomic mass is 19.1. The zero-order valence-electron chi connectivity index (χ0n) is 13.5. The predicted octanol–water partition coefficient (Wildman–Crippen LogP) is 2.85. The Balaban J connectivity index is 1.96. The van der Waals surface area contributed by atoms with Gasteiger partial charge in [0, 0.05) is 18.3 Å². The molecule has 2 atom stereocenters. The predicted molar refractivity (Wildman–Crippen MR) is 85.5 cm³/mol. The van der Waals surface area contributed by atoms with E-state index in [2.05, 4.69) is 10.4 Å². The Labute approximate surface area is 135 Å². The Morgan fingerprint density at radius 2 is 1.91 bits per heavy atom. The van der Waals surface area contributed by atoms with E-state index in [0.29, 0.717) is 17.7 Å². The smallest absolute Gasteiger partial charge is 0.269 e. The molecular weight excluding hydrogens is 297 g/mol. The number of amides is 1. The number of aliphatic hydroxyl groups is 1. The molecule has 2 N–H and O–H groups in total.